The lowest BCUT2D eigenvalue weighted by Crippen LogP contribution is -2.59. The van der Waals surface area contributed by atoms with Gasteiger partial charge in [0.15, 0.2) is 0 Å². The molecule has 2 unspecified atom stereocenters. The van der Waals surface area contributed by atoms with E-state index in [0.717, 1.165) is 30.8 Å². The lowest BCUT2D eigenvalue weighted by molar-refractivity contribution is 0.0412. The number of fused-ring (bicyclic) bond motifs is 1. The number of hydrogen-bond acceptors (Lipinski definition) is 3. The van der Waals surface area contributed by atoms with Crippen molar-refractivity contribution in [3.8, 4) is 0 Å². The first-order valence-corrected chi connectivity index (χ1v) is 6.03. The maximum absolute atomic E-state index is 5.50. The third-order valence-electron chi connectivity index (χ3n) is 4.14. The maximum atomic E-state index is 5.50. The van der Waals surface area contributed by atoms with Gasteiger partial charge in [-0.15, -0.1) is 0 Å². The summed E-state index contributed by atoms with van der Waals surface area (Å²) in [5, 5.41) is 0. The molecule has 80 valence electrons. The summed E-state index contributed by atoms with van der Waals surface area (Å²) in [6.45, 7) is 7.47. The molecule has 3 nitrogen and oxygen atoms in total. The van der Waals surface area contributed by atoms with E-state index < -0.39 is 0 Å². The Kier molecular flexibility index (Phi) is 2.26. The Labute approximate surface area is 86.2 Å². The van der Waals surface area contributed by atoms with E-state index in [1.165, 1.54) is 39.1 Å². The first kappa shape index (κ1) is 9.13. The minimum absolute atomic E-state index is 0.842. The molecule has 14 heavy (non-hydrogen) atoms. The second-order valence-corrected chi connectivity index (χ2v) is 5.27. The highest BCUT2D eigenvalue weighted by atomic mass is 15.3. The third kappa shape index (κ3) is 1.58. The Hall–Kier alpha value is -0.120. The summed E-state index contributed by atoms with van der Waals surface area (Å²) in [7, 11) is 0. The summed E-state index contributed by atoms with van der Waals surface area (Å²) in [5.41, 5.74) is 5.50. The van der Waals surface area contributed by atoms with Gasteiger partial charge in [-0.25, -0.2) is 0 Å². The molecule has 0 aromatic rings. The largest absolute Gasteiger partial charge is 0.330 e. The summed E-state index contributed by atoms with van der Waals surface area (Å²) in [5.74, 6) is 2.18. The topological polar surface area (TPSA) is 32.5 Å². The number of hydrogen-bond donors (Lipinski definition) is 1. The van der Waals surface area contributed by atoms with Gasteiger partial charge in [-0.3, -0.25) is 4.90 Å². The van der Waals surface area contributed by atoms with Crippen molar-refractivity contribution in [1.82, 2.24) is 9.80 Å². The minimum Gasteiger partial charge on any atom is -0.330 e. The van der Waals surface area contributed by atoms with Crippen molar-refractivity contribution in [2.24, 2.45) is 17.6 Å². The summed E-state index contributed by atoms with van der Waals surface area (Å²) in [4.78, 5) is 5.26. The van der Waals surface area contributed by atoms with Gasteiger partial charge in [0.25, 0.3) is 0 Å². The van der Waals surface area contributed by atoms with Crippen LogP contribution in [0.25, 0.3) is 0 Å². The zero-order valence-electron chi connectivity index (χ0n) is 8.86. The van der Waals surface area contributed by atoms with Crippen molar-refractivity contribution in [2.45, 2.75) is 18.9 Å². The fourth-order valence-electron chi connectivity index (χ4n) is 3.00. The molecule has 0 amide bonds. The molecule has 2 heterocycles. The van der Waals surface area contributed by atoms with Gasteiger partial charge in [-0.2, -0.15) is 0 Å². The van der Waals surface area contributed by atoms with Gasteiger partial charge in [0, 0.05) is 32.2 Å². The van der Waals surface area contributed by atoms with Crippen LogP contribution in [0.2, 0.25) is 0 Å². The molecule has 3 aliphatic rings. The number of likely N-dealkylation sites (tertiary alicyclic amines) is 2. The van der Waals surface area contributed by atoms with Crippen LogP contribution in [0.5, 0.6) is 0 Å². The monoisotopic (exact) mass is 195 g/mol. The summed E-state index contributed by atoms with van der Waals surface area (Å²) in [6.07, 6.45) is 2.69. The van der Waals surface area contributed by atoms with Crippen LogP contribution in [-0.2, 0) is 0 Å². The first-order valence-electron chi connectivity index (χ1n) is 6.03. The molecule has 3 heteroatoms. The fraction of sp³-hybridized carbons (Fsp3) is 1.00. The Balaban J connectivity index is 1.37. The lowest BCUT2D eigenvalue weighted by atomic mass is 10.1. The summed E-state index contributed by atoms with van der Waals surface area (Å²) < 4.78 is 0. The molecule has 0 radical (unpaired) electrons. The van der Waals surface area contributed by atoms with Gasteiger partial charge < -0.3 is 10.6 Å². The van der Waals surface area contributed by atoms with E-state index in [1.54, 1.807) is 0 Å². The van der Waals surface area contributed by atoms with E-state index in [0.29, 0.717) is 0 Å². The average Bonchev–Trinajstić information content (AvgIpc) is 2.72. The van der Waals surface area contributed by atoms with Crippen LogP contribution in [0.15, 0.2) is 0 Å². The standard InChI is InChI=1S/C11H21N3/c12-2-1-3-13-7-11(8-13)14-5-9-4-10(9)6-14/h9-11H,1-8,12H2. The second-order valence-electron chi connectivity index (χ2n) is 5.27. The fourth-order valence-corrected chi connectivity index (χ4v) is 3.00. The predicted octanol–water partition coefficient (Wildman–Crippen LogP) is -0.0289. The molecule has 3 rings (SSSR count). The van der Waals surface area contributed by atoms with Crippen LogP contribution < -0.4 is 5.73 Å². The zero-order chi connectivity index (χ0) is 9.54. The predicted molar refractivity (Wildman–Crippen MR) is 57.1 cm³/mol. The highest BCUT2D eigenvalue weighted by Crippen LogP contribution is 2.46. The van der Waals surface area contributed by atoms with Crippen molar-refractivity contribution in [3.63, 3.8) is 0 Å². The summed E-state index contributed by atoms with van der Waals surface area (Å²) in [6, 6.07) is 0.889. The number of nitrogens with zero attached hydrogens (tertiary/aromatic N) is 2. The number of rotatable bonds is 4. The molecule has 0 bridgehead atoms. The molecule has 2 aliphatic heterocycles. The Bertz CT molecular complexity index is 203. The van der Waals surface area contributed by atoms with E-state index in [4.69, 9.17) is 5.73 Å². The van der Waals surface area contributed by atoms with Gasteiger partial charge in [-0.05, 0) is 37.8 Å². The second kappa shape index (κ2) is 3.47. The van der Waals surface area contributed by atoms with Gasteiger partial charge in [0.05, 0.1) is 0 Å². The molecule has 2 saturated heterocycles. The molecule has 1 aliphatic carbocycles. The van der Waals surface area contributed by atoms with Crippen molar-refractivity contribution in [1.29, 1.82) is 0 Å². The molecule has 0 aromatic heterocycles. The molecule has 3 fully saturated rings. The smallest absolute Gasteiger partial charge is 0.0350 e. The van der Waals surface area contributed by atoms with Crippen molar-refractivity contribution >= 4 is 0 Å². The van der Waals surface area contributed by atoms with Crippen LogP contribution in [0.1, 0.15) is 12.8 Å². The van der Waals surface area contributed by atoms with E-state index in [2.05, 4.69) is 9.80 Å². The molecular weight excluding hydrogens is 174 g/mol. The molecule has 0 spiro atoms. The van der Waals surface area contributed by atoms with Crippen LogP contribution in [0, 0.1) is 11.8 Å². The molecule has 2 atom stereocenters. The van der Waals surface area contributed by atoms with Crippen molar-refractivity contribution in [3.05, 3.63) is 0 Å². The molecular formula is C11H21N3. The van der Waals surface area contributed by atoms with E-state index >= 15 is 0 Å². The quantitative estimate of drug-likeness (QED) is 0.684. The lowest BCUT2D eigenvalue weighted by Gasteiger charge is -2.44. The molecule has 0 aromatic carbocycles. The average molecular weight is 195 g/mol. The van der Waals surface area contributed by atoms with E-state index in [-0.39, 0.29) is 0 Å². The number of nitrogens with two attached hydrogens (primary N) is 1. The Morgan fingerprint density at radius 1 is 1.07 bits per heavy atom. The number of piperidine rings is 1. The van der Waals surface area contributed by atoms with Crippen molar-refractivity contribution in [2.75, 3.05) is 39.3 Å². The van der Waals surface area contributed by atoms with Gasteiger partial charge >= 0.3 is 0 Å². The normalized spacial score (nSPS) is 38.4. The zero-order valence-corrected chi connectivity index (χ0v) is 8.86. The first-order chi connectivity index (χ1) is 6.86. The molecule has 2 N–H and O–H groups in total. The van der Waals surface area contributed by atoms with E-state index in [1.807, 2.05) is 0 Å². The van der Waals surface area contributed by atoms with Gasteiger partial charge in [0.2, 0.25) is 0 Å². The summed E-state index contributed by atoms with van der Waals surface area (Å²) >= 11 is 0. The van der Waals surface area contributed by atoms with Crippen LogP contribution >= 0.6 is 0 Å². The Morgan fingerprint density at radius 3 is 2.43 bits per heavy atom. The van der Waals surface area contributed by atoms with E-state index in [9.17, 15) is 0 Å². The SMILES string of the molecule is NCCCN1CC(N2CC3CC3C2)C1. The third-order valence-corrected chi connectivity index (χ3v) is 4.14. The van der Waals surface area contributed by atoms with Crippen LogP contribution in [0.3, 0.4) is 0 Å². The Morgan fingerprint density at radius 2 is 1.79 bits per heavy atom. The molecule has 1 saturated carbocycles. The highest BCUT2D eigenvalue weighted by Gasteiger charge is 2.48. The maximum Gasteiger partial charge on any atom is 0.0350 e. The van der Waals surface area contributed by atoms with Crippen molar-refractivity contribution < 1.29 is 0 Å². The van der Waals surface area contributed by atoms with Crippen LogP contribution in [-0.4, -0.2) is 55.1 Å². The van der Waals surface area contributed by atoms with Crippen LogP contribution in [0.4, 0.5) is 0 Å². The highest BCUT2D eigenvalue weighted by molar-refractivity contribution is 5.01. The van der Waals surface area contributed by atoms with Gasteiger partial charge in [0.1, 0.15) is 0 Å². The minimum atomic E-state index is 0.842. The van der Waals surface area contributed by atoms with Gasteiger partial charge in [-0.1, -0.05) is 0 Å².